The van der Waals surface area contributed by atoms with Crippen LogP contribution in [0.1, 0.15) is 19.3 Å². The van der Waals surface area contributed by atoms with E-state index in [0.29, 0.717) is 0 Å². The zero-order valence-corrected chi connectivity index (χ0v) is 11.2. The molecule has 0 aromatic heterocycles. The Morgan fingerprint density at radius 3 is 2.67 bits per heavy atom. The van der Waals surface area contributed by atoms with Crippen LogP contribution in [0.2, 0.25) is 0 Å². The molecule has 0 saturated heterocycles. The lowest BCUT2D eigenvalue weighted by Gasteiger charge is -2.06. The van der Waals surface area contributed by atoms with Crippen molar-refractivity contribution in [3.8, 4) is 5.75 Å². The number of hydrogen-bond acceptors (Lipinski definition) is 2. The van der Waals surface area contributed by atoms with Gasteiger partial charge in [0.05, 0.1) is 6.61 Å². The first-order valence-corrected chi connectivity index (χ1v) is 6.28. The van der Waals surface area contributed by atoms with Crippen LogP contribution in [0.3, 0.4) is 0 Å². The molecule has 1 rings (SSSR count). The fourth-order valence-corrected chi connectivity index (χ4v) is 1.79. The minimum Gasteiger partial charge on any atom is -0.494 e. The zero-order valence-electron chi connectivity index (χ0n) is 9.04. The molecule has 0 aliphatic carbocycles. The van der Waals surface area contributed by atoms with Gasteiger partial charge < -0.3 is 9.47 Å². The lowest BCUT2D eigenvalue weighted by molar-refractivity contribution is 0.189. The molecule has 15 heavy (non-hydrogen) atoms. The van der Waals surface area contributed by atoms with Crippen molar-refractivity contribution < 1.29 is 9.47 Å². The summed E-state index contributed by atoms with van der Waals surface area (Å²) >= 11 is 2.29. The summed E-state index contributed by atoms with van der Waals surface area (Å²) < 4.78 is 11.8. The summed E-state index contributed by atoms with van der Waals surface area (Å²) in [6.45, 7) is 1.65. The number of benzene rings is 1. The van der Waals surface area contributed by atoms with Gasteiger partial charge in [-0.3, -0.25) is 0 Å². The van der Waals surface area contributed by atoms with Crippen molar-refractivity contribution >= 4 is 22.6 Å². The van der Waals surface area contributed by atoms with Crippen LogP contribution in [0.4, 0.5) is 0 Å². The Labute approximate surface area is 105 Å². The molecule has 0 atom stereocenters. The van der Waals surface area contributed by atoms with Crippen molar-refractivity contribution in [3.05, 3.63) is 27.8 Å². The molecule has 0 aliphatic heterocycles. The number of halogens is 1. The summed E-state index contributed by atoms with van der Waals surface area (Å²) in [6, 6.07) is 8.13. The molecule has 1 aromatic carbocycles. The van der Waals surface area contributed by atoms with Crippen molar-refractivity contribution in [1.29, 1.82) is 0 Å². The van der Waals surface area contributed by atoms with Crippen LogP contribution in [0.15, 0.2) is 24.3 Å². The highest BCUT2D eigenvalue weighted by atomic mass is 127. The summed E-state index contributed by atoms with van der Waals surface area (Å²) in [5.41, 5.74) is 0. The van der Waals surface area contributed by atoms with E-state index in [2.05, 4.69) is 34.7 Å². The fraction of sp³-hybridized carbons (Fsp3) is 0.500. The van der Waals surface area contributed by atoms with Gasteiger partial charge in [0.1, 0.15) is 5.75 Å². The van der Waals surface area contributed by atoms with Gasteiger partial charge in [0.25, 0.3) is 0 Å². The van der Waals surface area contributed by atoms with Crippen LogP contribution < -0.4 is 4.74 Å². The first-order valence-electron chi connectivity index (χ1n) is 5.20. The Kier molecular flexibility index (Phi) is 6.76. The smallest absolute Gasteiger partial charge is 0.120 e. The van der Waals surface area contributed by atoms with Crippen LogP contribution in [-0.4, -0.2) is 20.3 Å². The van der Waals surface area contributed by atoms with E-state index in [9.17, 15) is 0 Å². The second-order valence-corrected chi connectivity index (χ2v) is 4.60. The van der Waals surface area contributed by atoms with Gasteiger partial charge in [-0.25, -0.2) is 0 Å². The molecule has 3 heteroatoms. The Balaban J connectivity index is 2.10. The van der Waals surface area contributed by atoms with Crippen LogP contribution >= 0.6 is 22.6 Å². The van der Waals surface area contributed by atoms with Crippen LogP contribution in [0.5, 0.6) is 5.75 Å². The highest BCUT2D eigenvalue weighted by Crippen LogP contribution is 2.15. The summed E-state index contributed by atoms with van der Waals surface area (Å²) in [4.78, 5) is 0. The van der Waals surface area contributed by atoms with E-state index in [4.69, 9.17) is 9.47 Å². The van der Waals surface area contributed by atoms with E-state index in [1.807, 2.05) is 12.1 Å². The number of methoxy groups -OCH3 is 1. The maximum atomic E-state index is 5.62. The lowest BCUT2D eigenvalue weighted by atomic mass is 10.2. The molecule has 0 bridgehead atoms. The third-order valence-corrected chi connectivity index (χ3v) is 2.73. The highest BCUT2D eigenvalue weighted by molar-refractivity contribution is 14.1. The Morgan fingerprint density at radius 2 is 1.93 bits per heavy atom. The molecule has 0 amide bonds. The monoisotopic (exact) mass is 320 g/mol. The third kappa shape index (κ3) is 5.99. The average Bonchev–Trinajstić information content (AvgIpc) is 2.23. The Morgan fingerprint density at radius 1 is 1.13 bits per heavy atom. The number of ether oxygens (including phenoxy) is 2. The molecule has 2 nitrogen and oxygen atoms in total. The maximum Gasteiger partial charge on any atom is 0.120 e. The largest absolute Gasteiger partial charge is 0.494 e. The number of unbranched alkanes of at least 4 members (excludes halogenated alkanes) is 2. The molecule has 0 fully saturated rings. The van der Waals surface area contributed by atoms with Crippen molar-refractivity contribution in [1.82, 2.24) is 0 Å². The van der Waals surface area contributed by atoms with Gasteiger partial charge in [0, 0.05) is 17.3 Å². The Bertz CT molecular complexity index is 276. The van der Waals surface area contributed by atoms with Gasteiger partial charge >= 0.3 is 0 Å². The van der Waals surface area contributed by atoms with E-state index in [-0.39, 0.29) is 0 Å². The Hall–Kier alpha value is -0.290. The topological polar surface area (TPSA) is 18.5 Å². The number of rotatable bonds is 7. The highest BCUT2D eigenvalue weighted by Gasteiger charge is 1.94. The molecule has 0 N–H and O–H groups in total. The van der Waals surface area contributed by atoms with Gasteiger partial charge in [-0.1, -0.05) is 6.07 Å². The van der Waals surface area contributed by atoms with Gasteiger partial charge in [-0.05, 0) is 60.1 Å². The minimum atomic E-state index is 0.795. The second kappa shape index (κ2) is 7.93. The zero-order chi connectivity index (χ0) is 10.9. The van der Waals surface area contributed by atoms with Crippen LogP contribution in [-0.2, 0) is 4.74 Å². The SMILES string of the molecule is COCCCCCOc1cccc(I)c1. The van der Waals surface area contributed by atoms with Gasteiger partial charge in [-0.2, -0.15) is 0 Å². The van der Waals surface area contributed by atoms with E-state index in [0.717, 1.165) is 38.2 Å². The van der Waals surface area contributed by atoms with E-state index >= 15 is 0 Å². The molecule has 1 aromatic rings. The van der Waals surface area contributed by atoms with E-state index in [1.165, 1.54) is 3.57 Å². The first kappa shape index (κ1) is 12.8. The molecule has 0 unspecified atom stereocenters. The van der Waals surface area contributed by atoms with Crippen molar-refractivity contribution in [2.75, 3.05) is 20.3 Å². The molecular weight excluding hydrogens is 303 g/mol. The molecule has 0 radical (unpaired) electrons. The second-order valence-electron chi connectivity index (χ2n) is 3.36. The average molecular weight is 320 g/mol. The fourth-order valence-electron chi connectivity index (χ4n) is 1.27. The first-order chi connectivity index (χ1) is 7.33. The van der Waals surface area contributed by atoms with Crippen molar-refractivity contribution in [3.63, 3.8) is 0 Å². The van der Waals surface area contributed by atoms with Crippen LogP contribution in [0, 0.1) is 3.57 Å². The van der Waals surface area contributed by atoms with E-state index < -0.39 is 0 Å². The van der Waals surface area contributed by atoms with Crippen LogP contribution in [0.25, 0.3) is 0 Å². The normalized spacial score (nSPS) is 10.3. The van der Waals surface area contributed by atoms with Gasteiger partial charge in [-0.15, -0.1) is 0 Å². The molecule has 0 heterocycles. The summed E-state index contributed by atoms with van der Waals surface area (Å²) in [5, 5.41) is 0. The summed E-state index contributed by atoms with van der Waals surface area (Å²) in [5.74, 6) is 0.966. The number of hydrogen-bond donors (Lipinski definition) is 0. The summed E-state index contributed by atoms with van der Waals surface area (Å²) in [7, 11) is 1.74. The predicted octanol–water partition coefficient (Wildman–Crippen LogP) is 3.49. The standard InChI is InChI=1S/C12H17IO2/c1-14-8-3-2-4-9-15-12-7-5-6-11(13)10-12/h5-7,10H,2-4,8-9H2,1H3. The minimum absolute atomic E-state index is 0.795. The molecule has 0 aliphatic rings. The quantitative estimate of drug-likeness (QED) is 0.566. The molecule has 0 spiro atoms. The predicted molar refractivity (Wildman–Crippen MR) is 70.4 cm³/mol. The summed E-state index contributed by atoms with van der Waals surface area (Å²) in [6.07, 6.45) is 3.37. The van der Waals surface area contributed by atoms with E-state index in [1.54, 1.807) is 7.11 Å². The maximum absolute atomic E-state index is 5.62. The van der Waals surface area contributed by atoms with Gasteiger partial charge in [0.2, 0.25) is 0 Å². The van der Waals surface area contributed by atoms with Crippen molar-refractivity contribution in [2.45, 2.75) is 19.3 Å². The van der Waals surface area contributed by atoms with Crippen molar-refractivity contribution in [2.24, 2.45) is 0 Å². The molecular formula is C12H17IO2. The molecule has 0 saturated carbocycles. The lowest BCUT2D eigenvalue weighted by Crippen LogP contribution is -1.98. The molecule has 84 valence electrons. The third-order valence-electron chi connectivity index (χ3n) is 2.06. The van der Waals surface area contributed by atoms with Gasteiger partial charge in [0.15, 0.2) is 0 Å².